The minimum Gasteiger partial charge on any atom is -0.487 e. The average Bonchev–Trinajstić information content (AvgIpc) is 2.53. The van der Waals surface area contributed by atoms with Crippen LogP contribution in [-0.4, -0.2) is 16.4 Å². The number of nitro benzene ring substituents is 1. The fourth-order valence-electron chi connectivity index (χ4n) is 3.06. The van der Waals surface area contributed by atoms with E-state index in [0.717, 1.165) is 16.9 Å². The van der Waals surface area contributed by atoms with E-state index in [9.17, 15) is 14.9 Å². The lowest BCUT2D eigenvalue weighted by atomic mass is 9.89. The average molecular weight is 340 g/mol. The second-order valence-corrected chi connectivity index (χ2v) is 6.94. The van der Waals surface area contributed by atoms with Gasteiger partial charge in [-0.05, 0) is 44.5 Å². The van der Waals surface area contributed by atoms with Gasteiger partial charge in [0.25, 0.3) is 11.6 Å². The molecule has 130 valence electrons. The van der Waals surface area contributed by atoms with Crippen molar-refractivity contribution < 1.29 is 14.5 Å². The number of carbonyl (C=O) groups excluding carboxylic acids is 1. The SMILES string of the molecule is Cc1ccc2c(c1)OC(C)(C)C[C@@H]2NC(=O)c1ccc([N+](=O)[O-])cc1. The van der Waals surface area contributed by atoms with E-state index < -0.39 is 10.5 Å². The second kappa shape index (κ2) is 6.20. The van der Waals surface area contributed by atoms with Crippen LogP contribution in [0.2, 0.25) is 0 Å². The Labute approximate surface area is 146 Å². The molecule has 0 aliphatic carbocycles. The number of rotatable bonds is 3. The molecule has 2 aromatic rings. The molecule has 1 N–H and O–H groups in total. The summed E-state index contributed by atoms with van der Waals surface area (Å²) in [7, 11) is 0. The predicted octanol–water partition coefficient (Wildman–Crippen LogP) is 3.94. The lowest BCUT2D eigenvalue weighted by Gasteiger charge is -2.38. The van der Waals surface area contributed by atoms with Gasteiger partial charge in [0.2, 0.25) is 0 Å². The molecule has 0 aromatic heterocycles. The normalized spacial score (nSPS) is 18.0. The standard InChI is InChI=1S/C19H20N2O4/c1-12-4-9-15-16(11-19(2,3)25-17(15)10-12)20-18(22)13-5-7-14(8-6-13)21(23)24/h4-10,16H,11H2,1-3H3,(H,20,22)/t16-/m0/s1. The van der Waals surface area contributed by atoms with Crippen molar-refractivity contribution in [3.8, 4) is 5.75 Å². The van der Waals surface area contributed by atoms with Crippen molar-refractivity contribution in [2.45, 2.75) is 38.8 Å². The maximum absolute atomic E-state index is 12.6. The second-order valence-electron chi connectivity index (χ2n) is 6.94. The number of aryl methyl sites for hydroxylation is 1. The summed E-state index contributed by atoms with van der Waals surface area (Å²) in [6.45, 7) is 5.97. The first-order valence-corrected chi connectivity index (χ1v) is 8.10. The highest BCUT2D eigenvalue weighted by Crippen LogP contribution is 2.40. The van der Waals surface area contributed by atoms with Gasteiger partial charge in [-0.15, -0.1) is 0 Å². The van der Waals surface area contributed by atoms with Crippen molar-refractivity contribution in [3.63, 3.8) is 0 Å². The third-order valence-electron chi connectivity index (χ3n) is 4.27. The number of nitrogens with zero attached hydrogens (tertiary/aromatic N) is 1. The van der Waals surface area contributed by atoms with Crippen molar-refractivity contribution in [1.82, 2.24) is 5.32 Å². The van der Waals surface area contributed by atoms with E-state index in [4.69, 9.17) is 4.74 Å². The Balaban J connectivity index is 1.84. The largest absolute Gasteiger partial charge is 0.487 e. The summed E-state index contributed by atoms with van der Waals surface area (Å²) in [4.78, 5) is 22.8. The Kier molecular flexibility index (Phi) is 4.20. The maximum Gasteiger partial charge on any atom is 0.269 e. The molecule has 1 heterocycles. The number of amides is 1. The van der Waals surface area contributed by atoms with Crippen LogP contribution in [0.5, 0.6) is 5.75 Å². The van der Waals surface area contributed by atoms with Gasteiger partial charge in [0.1, 0.15) is 11.4 Å². The van der Waals surface area contributed by atoms with E-state index in [2.05, 4.69) is 5.32 Å². The first-order chi connectivity index (χ1) is 11.7. The van der Waals surface area contributed by atoms with Crippen LogP contribution in [0.4, 0.5) is 5.69 Å². The first-order valence-electron chi connectivity index (χ1n) is 8.10. The van der Waals surface area contributed by atoms with Crippen LogP contribution in [0.3, 0.4) is 0 Å². The highest BCUT2D eigenvalue weighted by molar-refractivity contribution is 5.94. The van der Waals surface area contributed by atoms with E-state index in [-0.39, 0.29) is 17.6 Å². The summed E-state index contributed by atoms with van der Waals surface area (Å²) in [5, 5.41) is 13.8. The monoisotopic (exact) mass is 340 g/mol. The zero-order valence-electron chi connectivity index (χ0n) is 14.4. The Bertz CT molecular complexity index is 828. The number of hydrogen-bond acceptors (Lipinski definition) is 4. The first kappa shape index (κ1) is 17.0. The quantitative estimate of drug-likeness (QED) is 0.678. The highest BCUT2D eigenvalue weighted by Gasteiger charge is 2.34. The molecule has 3 rings (SSSR count). The summed E-state index contributed by atoms with van der Waals surface area (Å²) in [6, 6.07) is 11.4. The zero-order chi connectivity index (χ0) is 18.2. The molecule has 1 atom stereocenters. The molecule has 0 bridgehead atoms. The van der Waals surface area contributed by atoms with Gasteiger partial charge in [0.05, 0.1) is 11.0 Å². The number of fused-ring (bicyclic) bond motifs is 1. The minimum atomic E-state index is -0.485. The van der Waals surface area contributed by atoms with Gasteiger partial charge in [0, 0.05) is 29.7 Å². The van der Waals surface area contributed by atoms with E-state index in [0.29, 0.717) is 12.0 Å². The van der Waals surface area contributed by atoms with E-state index in [1.807, 2.05) is 39.0 Å². The van der Waals surface area contributed by atoms with Crippen LogP contribution in [0.15, 0.2) is 42.5 Å². The molecule has 2 aromatic carbocycles. The molecule has 0 spiro atoms. The van der Waals surface area contributed by atoms with E-state index in [1.54, 1.807) is 0 Å². The third kappa shape index (κ3) is 3.63. The molecule has 0 unspecified atom stereocenters. The number of nitrogens with one attached hydrogen (secondary N) is 1. The van der Waals surface area contributed by atoms with Gasteiger partial charge in [-0.1, -0.05) is 12.1 Å². The molecule has 6 nitrogen and oxygen atoms in total. The number of hydrogen-bond donors (Lipinski definition) is 1. The summed E-state index contributed by atoms with van der Waals surface area (Å²) in [5.41, 5.74) is 2.00. The van der Waals surface area contributed by atoms with Crippen LogP contribution in [0.1, 0.15) is 47.8 Å². The maximum atomic E-state index is 12.6. The molecule has 0 saturated carbocycles. The molecular formula is C19H20N2O4. The Morgan fingerprint density at radius 1 is 1.24 bits per heavy atom. The molecule has 0 saturated heterocycles. The number of benzene rings is 2. The van der Waals surface area contributed by atoms with E-state index >= 15 is 0 Å². The fourth-order valence-corrected chi connectivity index (χ4v) is 3.06. The van der Waals surface area contributed by atoms with Gasteiger partial charge in [-0.2, -0.15) is 0 Å². The van der Waals surface area contributed by atoms with Gasteiger partial charge >= 0.3 is 0 Å². The summed E-state index contributed by atoms with van der Waals surface area (Å²) in [6.07, 6.45) is 0.641. The molecule has 0 fully saturated rings. The molecular weight excluding hydrogens is 320 g/mol. The van der Waals surface area contributed by atoms with E-state index in [1.165, 1.54) is 24.3 Å². The molecule has 25 heavy (non-hydrogen) atoms. The van der Waals surface area contributed by atoms with Crippen molar-refractivity contribution in [3.05, 3.63) is 69.3 Å². The Morgan fingerprint density at radius 3 is 2.56 bits per heavy atom. The molecule has 1 amide bonds. The molecule has 1 aliphatic rings. The Morgan fingerprint density at radius 2 is 1.92 bits per heavy atom. The van der Waals surface area contributed by atoms with Crippen LogP contribution >= 0.6 is 0 Å². The van der Waals surface area contributed by atoms with Crippen LogP contribution in [-0.2, 0) is 0 Å². The molecule has 0 radical (unpaired) electrons. The van der Waals surface area contributed by atoms with Gasteiger partial charge in [-0.3, -0.25) is 14.9 Å². The lowest BCUT2D eigenvalue weighted by molar-refractivity contribution is -0.384. The predicted molar refractivity (Wildman–Crippen MR) is 93.8 cm³/mol. The van der Waals surface area contributed by atoms with Crippen molar-refractivity contribution in [1.29, 1.82) is 0 Å². The van der Waals surface area contributed by atoms with Crippen molar-refractivity contribution >= 4 is 11.6 Å². The third-order valence-corrected chi connectivity index (χ3v) is 4.27. The number of ether oxygens (including phenoxy) is 1. The minimum absolute atomic E-state index is 0.0374. The topological polar surface area (TPSA) is 81.5 Å². The van der Waals surface area contributed by atoms with Crippen molar-refractivity contribution in [2.75, 3.05) is 0 Å². The highest BCUT2D eigenvalue weighted by atomic mass is 16.6. The van der Waals surface area contributed by atoms with Crippen LogP contribution in [0, 0.1) is 17.0 Å². The van der Waals surface area contributed by atoms with Gasteiger partial charge < -0.3 is 10.1 Å². The number of non-ortho nitro benzene ring substituents is 1. The summed E-state index contributed by atoms with van der Waals surface area (Å²) in [5.74, 6) is 0.523. The number of nitro groups is 1. The summed E-state index contributed by atoms with van der Waals surface area (Å²) >= 11 is 0. The van der Waals surface area contributed by atoms with Crippen molar-refractivity contribution in [2.24, 2.45) is 0 Å². The van der Waals surface area contributed by atoms with Crippen LogP contribution in [0.25, 0.3) is 0 Å². The molecule has 6 heteroatoms. The van der Waals surface area contributed by atoms with Gasteiger partial charge in [0.15, 0.2) is 0 Å². The smallest absolute Gasteiger partial charge is 0.269 e. The fraction of sp³-hybridized carbons (Fsp3) is 0.316. The van der Waals surface area contributed by atoms with Gasteiger partial charge in [-0.25, -0.2) is 0 Å². The summed E-state index contributed by atoms with van der Waals surface area (Å²) < 4.78 is 6.03. The zero-order valence-corrected chi connectivity index (χ0v) is 14.4. The molecule has 1 aliphatic heterocycles. The number of carbonyl (C=O) groups is 1. The lowest BCUT2D eigenvalue weighted by Crippen LogP contribution is -2.41. The Hall–Kier alpha value is -2.89. The van der Waals surface area contributed by atoms with Crippen LogP contribution < -0.4 is 10.1 Å².